The predicted molar refractivity (Wildman–Crippen MR) is 248 cm³/mol. The molecule has 0 bridgehead atoms. The van der Waals surface area contributed by atoms with Crippen molar-refractivity contribution in [1.82, 2.24) is 19.9 Å². The van der Waals surface area contributed by atoms with E-state index < -0.39 is 0 Å². The van der Waals surface area contributed by atoms with Gasteiger partial charge in [0.05, 0.1) is 22.8 Å². The molecule has 8 aromatic carbocycles. The van der Waals surface area contributed by atoms with Gasteiger partial charge in [-0.05, 0) is 35.4 Å². The first-order chi connectivity index (χ1) is 30.2. The van der Waals surface area contributed by atoms with E-state index in [0.29, 0.717) is 11.6 Å². The van der Waals surface area contributed by atoms with Crippen LogP contribution in [0.2, 0.25) is 0 Å². The molecule has 0 aliphatic rings. The molecule has 0 N–H and O–H groups in total. The van der Waals surface area contributed by atoms with E-state index in [4.69, 9.17) is 24.4 Å². The van der Waals surface area contributed by atoms with Crippen LogP contribution in [0, 0.1) is 0 Å². The fraction of sp³-hybridized carbons (Fsp3) is 0. The molecule has 0 unspecified atom stereocenters. The quantitative estimate of drug-likeness (QED) is 0.154. The second kappa shape index (κ2) is 15.5. The van der Waals surface area contributed by atoms with Crippen LogP contribution in [0.15, 0.2) is 223 Å². The number of rotatable bonds is 8. The topological polar surface area (TPSA) is 64.7 Å². The first-order valence-corrected chi connectivity index (χ1v) is 20.4. The molecular weight excluding hydrogens is 745 g/mol. The number of hydrogen-bond acceptors (Lipinski definition) is 5. The smallest absolute Gasteiger partial charge is 0.160 e. The van der Waals surface area contributed by atoms with Gasteiger partial charge in [0, 0.05) is 55.3 Å². The third-order valence-electron chi connectivity index (χ3n) is 11.1. The summed E-state index contributed by atoms with van der Waals surface area (Å²) in [7, 11) is 0. The van der Waals surface area contributed by atoms with E-state index in [0.717, 1.165) is 100 Å². The largest absolute Gasteiger partial charge is 0.455 e. The molecule has 0 atom stereocenters. The standard InChI is InChI=1S/C56H36N4O/c1-5-17-37(18-6-1)49-35-51(59-55(57-49)39-21-9-3-10-22-39)43-27-13-25-41(33-43)45-29-15-31-47-48-32-16-30-46(54(48)61-53(45)47)42-26-14-28-44(34-42)52-36-50(38-19-7-2-8-20-38)58-56(60-52)40-23-11-4-12-24-40/h1-36H. The van der Waals surface area contributed by atoms with Gasteiger partial charge in [-0.3, -0.25) is 0 Å². The Labute approximate surface area is 353 Å². The molecule has 0 amide bonds. The molecule has 0 radical (unpaired) electrons. The summed E-state index contributed by atoms with van der Waals surface area (Å²) in [6, 6.07) is 74.9. The van der Waals surface area contributed by atoms with Crippen molar-refractivity contribution in [2.45, 2.75) is 0 Å². The molecule has 0 aliphatic heterocycles. The summed E-state index contributed by atoms with van der Waals surface area (Å²) in [5.41, 5.74) is 15.2. The van der Waals surface area contributed by atoms with E-state index in [1.807, 2.05) is 72.8 Å². The predicted octanol–water partition coefficient (Wildman–Crippen LogP) is 14.5. The Bertz CT molecular complexity index is 3010. The Kier molecular flexibility index (Phi) is 9.10. The lowest BCUT2D eigenvalue weighted by atomic mass is 9.97. The van der Waals surface area contributed by atoms with Gasteiger partial charge in [-0.2, -0.15) is 0 Å². The zero-order valence-corrected chi connectivity index (χ0v) is 33.0. The highest BCUT2D eigenvalue weighted by molar-refractivity contribution is 6.13. The van der Waals surface area contributed by atoms with Crippen LogP contribution in [0.3, 0.4) is 0 Å². The lowest BCUT2D eigenvalue weighted by Gasteiger charge is -2.11. The van der Waals surface area contributed by atoms with Gasteiger partial charge in [-0.25, -0.2) is 19.9 Å². The number of aromatic nitrogens is 4. The third-order valence-corrected chi connectivity index (χ3v) is 11.1. The van der Waals surface area contributed by atoms with E-state index in [-0.39, 0.29) is 0 Å². The summed E-state index contributed by atoms with van der Waals surface area (Å²) >= 11 is 0. The Morgan fingerprint density at radius 1 is 0.246 bits per heavy atom. The molecule has 5 heteroatoms. The van der Waals surface area contributed by atoms with Crippen molar-refractivity contribution in [2.75, 3.05) is 0 Å². The van der Waals surface area contributed by atoms with E-state index in [2.05, 4.69) is 146 Å². The van der Waals surface area contributed by atoms with Crippen molar-refractivity contribution in [3.05, 3.63) is 218 Å². The van der Waals surface area contributed by atoms with Crippen LogP contribution < -0.4 is 0 Å². The van der Waals surface area contributed by atoms with Gasteiger partial charge in [0.2, 0.25) is 0 Å². The maximum Gasteiger partial charge on any atom is 0.160 e. The van der Waals surface area contributed by atoms with Crippen molar-refractivity contribution in [3.63, 3.8) is 0 Å². The molecule has 5 nitrogen and oxygen atoms in total. The van der Waals surface area contributed by atoms with E-state index in [9.17, 15) is 0 Å². The molecule has 3 heterocycles. The van der Waals surface area contributed by atoms with Crippen LogP contribution in [0.25, 0.3) is 112 Å². The molecule has 61 heavy (non-hydrogen) atoms. The normalized spacial score (nSPS) is 11.3. The minimum atomic E-state index is 0.686. The van der Waals surface area contributed by atoms with Crippen LogP contribution in [0.4, 0.5) is 0 Å². The second-order valence-corrected chi connectivity index (χ2v) is 15.0. The lowest BCUT2D eigenvalue weighted by Crippen LogP contribution is -1.96. The third kappa shape index (κ3) is 6.94. The maximum absolute atomic E-state index is 6.97. The number of para-hydroxylation sites is 2. The van der Waals surface area contributed by atoms with E-state index in [1.165, 1.54) is 0 Å². The summed E-state index contributed by atoms with van der Waals surface area (Å²) in [4.78, 5) is 20.2. The molecule has 11 aromatic rings. The molecule has 0 aliphatic carbocycles. The maximum atomic E-state index is 6.97. The van der Waals surface area contributed by atoms with Crippen LogP contribution >= 0.6 is 0 Å². The second-order valence-electron chi connectivity index (χ2n) is 15.0. The van der Waals surface area contributed by atoms with Crippen LogP contribution in [0.1, 0.15) is 0 Å². The number of nitrogens with zero attached hydrogens (tertiary/aromatic N) is 4. The average molecular weight is 781 g/mol. The summed E-state index contributed by atoms with van der Waals surface area (Å²) < 4.78 is 6.97. The molecule has 0 saturated heterocycles. The zero-order valence-electron chi connectivity index (χ0n) is 33.0. The van der Waals surface area contributed by atoms with Crippen LogP contribution in [-0.2, 0) is 0 Å². The highest BCUT2D eigenvalue weighted by Crippen LogP contribution is 2.41. The van der Waals surface area contributed by atoms with Crippen molar-refractivity contribution in [3.8, 4) is 90.1 Å². The number of benzene rings is 8. The number of furan rings is 1. The van der Waals surface area contributed by atoms with Gasteiger partial charge in [0.15, 0.2) is 11.6 Å². The fourth-order valence-corrected chi connectivity index (χ4v) is 8.10. The fourth-order valence-electron chi connectivity index (χ4n) is 8.10. The molecule has 0 spiro atoms. The SMILES string of the molecule is c1ccc(-c2cc(-c3cccc(-c4cccc5c4oc4c(-c6cccc(-c7cc(-c8ccccc8)nc(-c8ccccc8)n7)c6)cccc45)c3)nc(-c3ccccc3)n2)cc1. The molecule has 0 fully saturated rings. The van der Waals surface area contributed by atoms with Gasteiger partial charge >= 0.3 is 0 Å². The van der Waals surface area contributed by atoms with Gasteiger partial charge < -0.3 is 4.42 Å². The lowest BCUT2D eigenvalue weighted by molar-refractivity contribution is 0.671. The number of fused-ring (bicyclic) bond motifs is 3. The Morgan fingerprint density at radius 3 is 0.951 bits per heavy atom. The highest BCUT2D eigenvalue weighted by Gasteiger charge is 2.18. The van der Waals surface area contributed by atoms with Crippen molar-refractivity contribution < 1.29 is 4.42 Å². The first-order valence-electron chi connectivity index (χ1n) is 20.4. The molecule has 286 valence electrons. The van der Waals surface area contributed by atoms with Gasteiger partial charge in [-0.15, -0.1) is 0 Å². The van der Waals surface area contributed by atoms with Gasteiger partial charge in [-0.1, -0.05) is 194 Å². The summed E-state index contributed by atoms with van der Waals surface area (Å²) in [5, 5.41) is 2.12. The minimum Gasteiger partial charge on any atom is -0.455 e. The summed E-state index contributed by atoms with van der Waals surface area (Å²) in [6.45, 7) is 0. The first kappa shape index (κ1) is 35.8. The van der Waals surface area contributed by atoms with E-state index >= 15 is 0 Å². The Hall–Kier alpha value is -8.28. The van der Waals surface area contributed by atoms with Gasteiger partial charge in [0.25, 0.3) is 0 Å². The van der Waals surface area contributed by atoms with Crippen LogP contribution in [0.5, 0.6) is 0 Å². The minimum absolute atomic E-state index is 0.686. The average Bonchev–Trinajstić information content (AvgIpc) is 3.74. The monoisotopic (exact) mass is 780 g/mol. The molecule has 3 aromatic heterocycles. The molecule has 0 saturated carbocycles. The highest BCUT2D eigenvalue weighted by atomic mass is 16.3. The van der Waals surface area contributed by atoms with Crippen LogP contribution in [-0.4, -0.2) is 19.9 Å². The molecular formula is C56H36N4O. The van der Waals surface area contributed by atoms with Crippen molar-refractivity contribution in [2.24, 2.45) is 0 Å². The molecule has 11 rings (SSSR count). The number of hydrogen-bond donors (Lipinski definition) is 0. The summed E-state index contributed by atoms with van der Waals surface area (Å²) in [6.07, 6.45) is 0. The summed E-state index contributed by atoms with van der Waals surface area (Å²) in [5.74, 6) is 1.37. The van der Waals surface area contributed by atoms with Crippen molar-refractivity contribution in [1.29, 1.82) is 0 Å². The zero-order chi connectivity index (χ0) is 40.5. The van der Waals surface area contributed by atoms with Gasteiger partial charge in [0.1, 0.15) is 11.2 Å². The van der Waals surface area contributed by atoms with E-state index in [1.54, 1.807) is 0 Å². The van der Waals surface area contributed by atoms with Crippen molar-refractivity contribution >= 4 is 21.9 Å². The Balaban J connectivity index is 1.00. The Morgan fingerprint density at radius 2 is 0.557 bits per heavy atom.